The number of hydrogen-bond acceptors (Lipinski definition) is 1. The van der Waals surface area contributed by atoms with Crippen molar-refractivity contribution >= 4 is 0 Å². The van der Waals surface area contributed by atoms with Gasteiger partial charge in [-0.05, 0) is 18.2 Å². The molecule has 0 aromatic heterocycles. The summed E-state index contributed by atoms with van der Waals surface area (Å²) in [5.41, 5.74) is 1.63. The SMILES string of the molecule is CCNC(c1ccc(F)cc1F)C(C)c1ccccc1. The summed E-state index contributed by atoms with van der Waals surface area (Å²) < 4.78 is 27.1. The molecule has 2 unspecified atom stereocenters. The fourth-order valence-corrected chi connectivity index (χ4v) is 2.48. The number of benzene rings is 2. The summed E-state index contributed by atoms with van der Waals surface area (Å²) in [4.78, 5) is 0. The van der Waals surface area contributed by atoms with Crippen molar-refractivity contribution in [1.29, 1.82) is 0 Å². The molecule has 0 heterocycles. The molecular weight excluding hydrogens is 256 g/mol. The van der Waals surface area contributed by atoms with E-state index >= 15 is 0 Å². The Morgan fingerprint density at radius 3 is 2.35 bits per heavy atom. The van der Waals surface area contributed by atoms with Gasteiger partial charge in [-0.3, -0.25) is 0 Å². The minimum atomic E-state index is -0.547. The Kier molecular flexibility index (Phi) is 4.85. The standard InChI is InChI=1S/C17H19F2N/c1-3-20-17(12(2)13-7-5-4-6-8-13)15-10-9-14(18)11-16(15)19/h4-12,17,20H,3H2,1-2H3. The van der Waals surface area contributed by atoms with Crippen LogP contribution in [0, 0.1) is 11.6 Å². The number of nitrogens with one attached hydrogen (secondary N) is 1. The lowest BCUT2D eigenvalue weighted by Gasteiger charge is -2.26. The Morgan fingerprint density at radius 1 is 1.05 bits per heavy atom. The minimum Gasteiger partial charge on any atom is -0.310 e. The molecule has 0 fully saturated rings. The summed E-state index contributed by atoms with van der Waals surface area (Å²) in [5, 5.41) is 3.29. The van der Waals surface area contributed by atoms with Crippen LogP contribution in [-0.4, -0.2) is 6.54 Å². The quantitative estimate of drug-likeness (QED) is 0.851. The molecule has 0 aliphatic heterocycles. The lowest BCUT2D eigenvalue weighted by atomic mass is 9.88. The molecule has 2 aromatic carbocycles. The van der Waals surface area contributed by atoms with Gasteiger partial charge in [0.25, 0.3) is 0 Å². The van der Waals surface area contributed by atoms with Gasteiger partial charge < -0.3 is 5.32 Å². The van der Waals surface area contributed by atoms with E-state index in [1.54, 1.807) is 0 Å². The van der Waals surface area contributed by atoms with Gasteiger partial charge in [-0.2, -0.15) is 0 Å². The van der Waals surface area contributed by atoms with Crippen LogP contribution in [0.25, 0.3) is 0 Å². The van der Waals surface area contributed by atoms with Gasteiger partial charge in [0, 0.05) is 23.6 Å². The summed E-state index contributed by atoms with van der Waals surface area (Å²) in [6.07, 6.45) is 0. The van der Waals surface area contributed by atoms with Crippen molar-refractivity contribution in [3.8, 4) is 0 Å². The van der Waals surface area contributed by atoms with E-state index < -0.39 is 11.6 Å². The van der Waals surface area contributed by atoms with Crippen LogP contribution in [-0.2, 0) is 0 Å². The Morgan fingerprint density at radius 2 is 1.75 bits per heavy atom. The summed E-state index contributed by atoms with van der Waals surface area (Å²) >= 11 is 0. The molecule has 0 radical (unpaired) electrons. The highest BCUT2D eigenvalue weighted by molar-refractivity contribution is 5.29. The van der Waals surface area contributed by atoms with Gasteiger partial charge in [0.05, 0.1) is 0 Å². The monoisotopic (exact) mass is 275 g/mol. The zero-order valence-corrected chi connectivity index (χ0v) is 11.7. The van der Waals surface area contributed by atoms with Crippen molar-refractivity contribution in [3.63, 3.8) is 0 Å². The molecule has 1 nitrogen and oxygen atoms in total. The zero-order valence-electron chi connectivity index (χ0n) is 11.7. The second kappa shape index (κ2) is 6.62. The van der Waals surface area contributed by atoms with Crippen molar-refractivity contribution in [3.05, 3.63) is 71.3 Å². The van der Waals surface area contributed by atoms with Gasteiger partial charge in [0.1, 0.15) is 11.6 Å². The third-order valence-electron chi connectivity index (χ3n) is 3.55. The summed E-state index contributed by atoms with van der Waals surface area (Å²) in [7, 11) is 0. The van der Waals surface area contributed by atoms with Crippen LogP contribution >= 0.6 is 0 Å². The average Bonchev–Trinajstić information content (AvgIpc) is 2.46. The van der Waals surface area contributed by atoms with Gasteiger partial charge >= 0.3 is 0 Å². The zero-order chi connectivity index (χ0) is 14.5. The van der Waals surface area contributed by atoms with Gasteiger partial charge in [-0.1, -0.05) is 50.2 Å². The van der Waals surface area contributed by atoms with E-state index in [-0.39, 0.29) is 12.0 Å². The van der Waals surface area contributed by atoms with Crippen molar-refractivity contribution in [2.45, 2.75) is 25.8 Å². The second-order valence-corrected chi connectivity index (χ2v) is 4.90. The molecule has 3 heteroatoms. The highest BCUT2D eigenvalue weighted by Crippen LogP contribution is 2.32. The predicted octanol–water partition coefficient (Wildman–Crippen LogP) is 4.42. The van der Waals surface area contributed by atoms with Gasteiger partial charge in [0.15, 0.2) is 0 Å². The molecule has 0 bridgehead atoms. The van der Waals surface area contributed by atoms with E-state index in [1.165, 1.54) is 12.1 Å². The van der Waals surface area contributed by atoms with Crippen LogP contribution in [0.4, 0.5) is 8.78 Å². The van der Waals surface area contributed by atoms with E-state index in [2.05, 4.69) is 5.32 Å². The third-order valence-corrected chi connectivity index (χ3v) is 3.55. The first kappa shape index (κ1) is 14.7. The molecule has 2 atom stereocenters. The first-order valence-corrected chi connectivity index (χ1v) is 6.86. The average molecular weight is 275 g/mol. The first-order valence-electron chi connectivity index (χ1n) is 6.86. The number of hydrogen-bond donors (Lipinski definition) is 1. The van der Waals surface area contributed by atoms with E-state index in [0.29, 0.717) is 5.56 Å². The molecule has 0 saturated carbocycles. The molecule has 0 spiro atoms. The number of halogens is 2. The molecule has 2 rings (SSSR count). The van der Waals surface area contributed by atoms with Crippen LogP contribution in [0.2, 0.25) is 0 Å². The molecule has 106 valence electrons. The molecule has 0 aliphatic carbocycles. The minimum absolute atomic E-state index is 0.0936. The maximum absolute atomic E-state index is 14.0. The maximum Gasteiger partial charge on any atom is 0.130 e. The predicted molar refractivity (Wildman–Crippen MR) is 77.6 cm³/mol. The van der Waals surface area contributed by atoms with Crippen molar-refractivity contribution in [2.24, 2.45) is 0 Å². The lowest BCUT2D eigenvalue weighted by molar-refractivity contribution is 0.452. The van der Waals surface area contributed by atoms with Gasteiger partial charge in [-0.25, -0.2) is 8.78 Å². The van der Waals surface area contributed by atoms with E-state index in [4.69, 9.17) is 0 Å². The van der Waals surface area contributed by atoms with E-state index in [0.717, 1.165) is 18.2 Å². The third kappa shape index (κ3) is 3.23. The van der Waals surface area contributed by atoms with Crippen LogP contribution in [0.5, 0.6) is 0 Å². The molecular formula is C17H19F2N. The van der Waals surface area contributed by atoms with Gasteiger partial charge in [-0.15, -0.1) is 0 Å². The van der Waals surface area contributed by atoms with Crippen LogP contribution in [0.15, 0.2) is 48.5 Å². The molecule has 0 aliphatic rings. The van der Waals surface area contributed by atoms with Crippen LogP contribution in [0.3, 0.4) is 0 Å². The van der Waals surface area contributed by atoms with Crippen LogP contribution in [0.1, 0.15) is 36.9 Å². The smallest absolute Gasteiger partial charge is 0.130 e. The summed E-state index contributed by atoms with van der Waals surface area (Å²) in [6.45, 7) is 4.75. The highest BCUT2D eigenvalue weighted by atomic mass is 19.1. The van der Waals surface area contributed by atoms with Gasteiger partial charge in [0.2, 0.25) is 0 Å². The summed E-state index contributed by atoms with van der Waals surface area (Å²) in [5.74, 6) is -0.955. The number of likely N-dealkylation sites (N-methyl/N-ethyl adjacent to an activating group) is 1. The number of rotatable bonds is 5. The lowest BCUT2D eigenvalue weighted by Crippen LogP contribution is -2.26. The largest absolute Gasteiger partial charge is 0.310 e. The Bertz CT molecular complexity index is 554. The van der Waals surface area contributed by atoms with E-state index in [1.807, 2.05) is 44.2 Å². The Balaban J connectivity index is 2.35. The Hall–Kier alpha value is -1.74. The normalized spacial score (nSPS) is 14.0. The van der Waals surface area contributed by atoms with Crippen molar-refractivity contribution in [2.75, 3.05) is 6.54 Å². The topological polar surface area (TPSA) is 12.0 Å². The molecule has 2 aromatic rings. The molecule has 1 N–H and O–H groups in total. The van der Waals surface area contributed by atoms with Crippen LogP contribution < -0.4 is 5.32 Å². The second-order valence-electron chi connectivity index (χ2n) is 4.90. The Labute approximate surface area is 118 Å². The summed E-state index contributed by atoms with van der Waals surface area (Å²) in [6, 6.07) is 13.5. The highest BCUT2D eigenvalue weighted by Gasteiger charge is 2.22. The van der Waals surface area contributed by atoms with Crippen molar-refractivity contribution < 1.29 is 8.78 Å². The fraction of sp³-hybridized carbons (Fsp3) is 0.294. The molecule has 0 amide bonds. The fourth-order valence-electron chi connectivity index (χ4n) is 2.48. The molecule has 0 saturated heterocycles. The van der Waals surface area contributed by atoms with Crippen molar-refractivity contribution in [1.82, 2.24) is 5.32 Å². The maximum atomic E-state index is 14.0. The molecule has 20 heavy (non-hydrogen) atoms. The van der Waals surface area contributed by atoms with E-state index in [9.17, 15) is 8.78 Å². The first-order chi connectivity index (χ1) is 9.63.